The largest absolute Gasteiger partial charge is 0.502 e. The molecule has 0 heterocycles. The van der Waals surface area contributed by atoms with Gasteiger partial charge in [0.15, 0.2) is 11.6 Å². The van der Waals surface area contributed by atoms with Crippen LogP contribution >= 0.6 is 0 Å². The Morgan fingerprint density at radius 3 is 0.963 bits per heavy atom. The predicted molar refractivity (Wildman–Crippen MR) is 86.0 cm³/mol. The van der Waals surface area contributed by atoms with Crippen molar-refractivity contribution in [2.45, 2.75) is 27.2 Å². The van der Waals surface area contributed by atoms with E-state index in [1.165, 1.54) is 6.92 Å². The third kappa shape index (κ3) is 22.2. The predicted octanol–water partition coefficient (Wildman–Crippen LogP) is -0.177. The van der Waals surface area contributed by atoms with Crippen molar-refractivity contribution >= 4 is 41.0 Å². The third-order valence-corrected chi connectivity index (χ3v) is 1.77. The van der Waals surface area contributed by atoms with Crippen molar-refractivity contribution in [2.24, 2.45) is 0 Å². The van der Waals surface area contributed by atoms with Crippen LogP contribution in [-0.2, 0) is 33.6 Å². The van der Waals surface area contributed by atoms with E-state index in [1.54, 1.807) is 0 Å². The number of allylic oxidation sites excluding steroid dienone is 2. The van der Waals surface area contributed by atoms with Crippen LogP contribution in [0.1, 0.15) is 27.2 Å². The molecule has 0 aromatic rings. The maximum atomic E-state index is 10.1. The lowest BCUT2D eigenvalue weighted by atomic mass is 10.2. The smallest absolute Gasteiger partial charge is 0.372 e. The highest BCUT2D eigenvalue weighted by Crippen LogP contribution is 1.87. The van der Waals surface area contributed by atoms with Crippen LogP contribution in [0.15, 0.2) is 23.7 Å². The van der Waals surface area contributed by atoms with Crippen molar-refractivity contribution < 1.29 is 59.1 Å². The molecule has 150 valence electrons. The monoisotopic (exact) mass is 390 g/mol. The number of aliphatic carboxylic acids is 3. The molecule has 0 aliphatic carbocycles. The minimum absolute atomic E-state index is 0.428. The van der Waals surface area contributed by atoms with Gasteiger partial charge in [-0.3, -0.25) is 19.2 Å². The van der Waals surface area contributed by atoms with Crippen LogP contribution in [-0.4, -0.2) is 66.6 Å². The second-order valence-corrected chi connectivity index (χ2v) is 4.50. The van der Waals surface area contributed by atoms with Crippen molar-refractivity contribution in [1.82, 2.24) is 0 Å². The van der Waals surface area contributed by atoms with Crippen LogP contribution in [0, 0.1) is 0 Å². The van der Waals surface area contributed by atoms with Crippen LogP contribution < -0.4 is 0 Å². The Kier molecular flexibility index (Phi) is 15.0. The highest BCUT2D eigenvalue weighted by molar-refractivity contribution is 6.36. The van der Waals surface area contributed by atoms with E-state index in [9.17, 15) is 33.6 Å². The molecule has 0 unspecified atom stereocenters. The van der Waals surface area contributed by atoms with Gasteiger partial charge in [-0.2, -0.15) is 0 Å². The number of carbonyl (C=O) groups excluding carboxylic acids is 4. The van der Waals surface area contributed by atoms with E-state index in [0.717, 1.165) is 13.8 Å². The van der Waals surface area contributed by atoms with Crippen LogP contribution in [0.4, 0.5) is 0 Å². The second kappa shape index (κ2) is 14.5. The zero-order chi connectivity index (χ0) is 22.3. The number of carboxylic acid groups (broad SMARTS) is 3. The van der Waals surface area contributed by atoms with Crippen LogP contribution in [0.2, 0.25) is 0 Å². The fourth-order valence-corrected chi connectivity index (χ4v) is 0.810. The lowest BCUT2D eigenvalue weighted by Crippen LogP contribution is -2.15. The van der Waals surface area contributed by atoms with E-state index in [0.29, 0.717) is 12.2 Å². The molecule has 0 saturated heterocycles. The maximum absolute atomic E-state index is 10.1. The lowest BCUT2D eigenvalue weighted by molar-refractivity contribution is -0.150. The number of aliphatic hydroxyl groups is 2. The first-order chi connectivity index (χ1) is 12.1. The zero-order valence-corrected chi connectivity index (χ0v) is 14.5. The number of aliphatic hydroxyl groups excluding tert-OH is 2. The van der Waals surface area contributed by atoms with Gasteiger partial charge in [-0.05, 0) is 20.8 Å². The number of Topliss-reactive ketones (excluding diaryl/α,β-unsaturated/α-hetero) is 2. The topological polar surface area (TPSA) is 221 Å². The summed E-state index contributed by atoms with van der Waals surface area (Å²) in [5, 5.41) is 40.5. The first kappa shape index (κ1) is 28.0. The summed E-state index contributed by atoms with van der Waals surface area (Å²) in [7, 11) is 0. The molecule has 0 bridgehead atoms. The molecule has 12 heteroatoms. The Hall–Kier alpha value is -3.83. The summed E-state index contributed by atoms with van der Waals surface area (Å²) in [6.45, 7) is 3.47. The van der Waals surface area contributed by atoms with Gasteiger partial charge in [0.05, 0.1) is 6.42 Å². The van der Waals surface area contributed by atoms with Crippen molar-refractivity contribution in [3.63, 3.8) is 0 Å². The van der Waals surface area contributed by atoms with Crippen molar-refractivity contribution in [1.29, 1.82) is 0 Å². The molecular formula is C15H18O12. The summed E-state index contributed by atoms with van der Waals surface area (Å²) >= 11 is 0. The van der Waals surface area contributed by atoms with E-state index in [2.05, 4.69) is 0 Å². The number of carbonyl (C=O) groups is 7. The molecule has 5 N–H and O–H groups in total. The quantitative estimate of drug-likeness (QED) is 0.165. The summed E-state index contributed by atoms with van der Waals surface area (Å²) in [4.78, 5) is 69.6. The summed E-state index contributed by atoms with van der Waals surface area (Å²) < 4.78 is 0. The first-order valence-electron chi connectivity index (χ1n) is 6.66. The molecule has 0 amide bonds. The van der Waals surface area contributed by atoms with E-state index in [1.807, 2.05) is 0 Å². The molecule has 0 aromatic carbocycles. The van der Waals surface area contributed by atoms with Gasteiger partial charge in [0, 0.05) is 12.2 Å². The summed E-state index contributed by atoms with van der Waals surface area (Å²) in [5.74, 6) is -8.86. The molecule has 0 radical (unpaired) electrons. The van der Waals surface area contributed by atoms with Gasteiger partial charge >= 0.3 is 17.9 Å². The highest BCUT2D eigenvalue weighted by Gasteiger charge is 2.12. The standard InChI is InChI=1S/3C5H6O4/c3*1-3(6)2-4(7)5(8)9/h2H2,1H3,(H,8,9);2*2,7H,1H3,(H,8,9)/b;4-2-;. The van der Waals surface area contributed by atoms with Gasteiger partial charge in [0.2, 0.25) is 17.3 Å². The van der Waals surface area contributed by atoms with E-state index < -0.39 is 59.0 Å². The minimum Gasteiger partial charge on any atom is -0.502 e. The van der Waals surface area contributed by atoms with Crippen molar-refractivity contribution in [3.8, 4) is 0 Å². The molecule has 27 heavy (non-hydrogen) atoms. The van der Waals surface area contributed by atoms with Gasteiger partial charge in [0.1, 0.15) is 5.78 Å². The van der Waals surface area contributed by atoms with Gasteiger partial charge in [-0.15, -0.1) is 0 Å². The molecular weight excluding hydrogens is 372 g/mol. The maximum Gasteiger partial charge on any atom is 0.372 e. The van der Waals surface area contributed by atoms with Crippen molar-refractivity contribution in [2.75, 3.05) is 0 Å². The van der Waals surface area contributed by atoms with E-state index in [-0.39, 0.29) is 0 Å². The van der Waals surface area contributed by atoms with E-state index in [4.69, 9.17) is 25.5 Å². The van der Waals surface area contributed by atoms with Crippen LogP contribution in [0.3, 0.4) is 0 Å². The van der Waals surface area contributed by atoms with Crippen LogP contribution in [0.5, 0.6) is 0 Å². The summed E-state index contributed by atoms with van der Waals surface area (Å²) in [5.41, 5.74) is 0. The number of hydrogen-bond donors (Lipinski definition) is 5. The average Bonchev–Trinajstić information content (AvgIpc) is 2.46. The zero-order valence-electron chi connectivity index (χ0n) is 14.5. The molecule has 0 aromatic heterocycles. The number of rotatable bonds is 7. The average molecular weight is 390 g/mol. The number of hydrogen-bond acceptors (Lipinski definition) is 9. The Balaban J connectivity index is -0.000000320. The Labute approximate surface area is 152 Å². The van der Waals surface area contributed by atoms with Gasteiger partial charge in [-0.1, -0.05) is 0 Å². The third-order valence-electron chi connectivity index (χ3n) is 1.77. The summed E-state index contributed by atoms with van der Waals surface area (Å²) in [6.07, 6.45) is 0.778. The molecule has 0 aliphatic heterocycles. The Morgan fingerprint density at radius 2 is 0.889 bits per heavy atom. The summed E-state index contributed by atoms with van der Waals surface area (Å²) in [6, 6.07) is 0. The molecule has 0 spiro atoms. The molecule has 0 saturated carbocycles. The number of carboxylic acids is 3. The molecule has 0 atom stereocenters. The Morgan fingerprint density at radius 1 is 0.593 bits per heavy atom. The Bertz CT molecular complexity index is 641. The van der Waals surface area contributed by atoms with Crippen molar-refractivity contribution in [3.05, 3.63) is 23.7 Å². The minimum atomic E-state index is -1.55. The molecule has 12 nitrogen and oxygen atoms in total. The molecule has 0 fully saturated rings. The highest BCUT2D eigenvalue weighted by atomic mass is 16.4. The fraction of sp³-hybridized carbons (Fsp3) is 0.267. The molecule has 0 rings (SSSR count). The van der Waals surface area contributed by atoms with E-state index >= 15 is 0 Å². The van der Waals surface area contributed by atoms with Gasteiger partial charge in [-0.25, -0.2) is 14.4 Å². The lowest BCUT2D eigenvalue weighted by Gasteiger charge is -1.86. The fourth-order valence-electron chi connectivity index (χ4n) is 0.810. The first-order valence-corrected chi connectivity index (χ1v) is 6.66. The van der Waals surface area contributed by atoms with Gasteiger partial charge < -0.3 is 25.5 Å². The normalized spacial score (nSPS) is 10.2. The SMILES string of the molecule is CC(=O)/C=C(\O)C(=O)O.CC(=O)C=C(O)C(=O)O.CC(=O)CC(=O)C(=O)O. The van der Waals surface area contributed by atoms with Crippen LogP contribution in [0.25, 0.3) is 0 Å². The number of ketones is 4. The molecule has 0 aliphatic rings. The van der Waals surface area contributed by atoms with Gasteiger partial charge in [0.25, 0.3) is 0 Å². The second-order valence-electron chi connectivity index (χ2n) is 4.50.